The van der Waals surface area contributed by atoms with E-state index in [2.05, 4.69) is 19.9 Å². The summed E-state index contributed by atoms with van der Waals surface area (Å²) in [5, 5.41) is 0. The van der Waals surface area contributed by atoms with Gasteiger partial charge in [0.2, 0.25) is 0 Å². The van der Waals surface area contributed by atoms with E-state index in [4.69, 9.17) is 0 Å². The quantitative estimate of drug-likeness (QED) is 0.594. The van der Waals surface area contributed by atoms with Crippen molar-refractivity contribution in [3.8, 4) is 22.5 Å². The number of nitrogens with zero attached hydrogens (tertiary/aromatic N) is 3. The molecule has 4 aromatic rings. The molecule has 0 radical (unpaired) electrons. The predicted molar refractivity (Wildman–Crippen MR) is 92.0 cm³/mol. The standard InChI is InChI=1S/C19H15FN4/c1-11-9-13(3-5-15(11)20)18-19(24-12(2)23-18)14-4-6-16-17(10-14)22-8-7-21-16/h3-10H,1-2H3,(H,23,24). The minimum Gasteiger partial charge on any atom is -0.342 e. The molecule has 0 fully saturated rings. The monoisotopic (exact) mass is 318 g/mol. The van der Waals surface area contributed by atoms with Crippen LogP contribution in [0.15, 0.2) is 48.8 Å². The van der Waals surface area contributed by atoms with Crippen molar-refractivity contribution < 1.29 is 4.39 Å². The van der Waals surface area contributed by atoms with Crippen molar-refractivity contribution in [1.29, 1.82) is 0 Å². The molecule has 4 rings (SSSR count). The minimum atomic E-state index is -0.214. The highest BCUT2D eigenvalue weighted by molar-refractivity contribution is 5.85. The summed E-state index contributed by atoms with van der Waals surface area (Å²) in [7, 11) is 0. The molecule has 0 aliphatic rings. The van der Waals surface area contributed by atoms with Crippen LogP contribution in [0.5, 0.6) is 0 Å². The molecule has 118 valence electrons. The molecule has 2 aromatic carbocycles. The summed E-state index contributed by atoms with van der Waals surface area (Å²) in [6.45, 7) is 3.66. The number of H-pyrrole nitrogens is 1. The lowest BCUT2D eigenvalue weighted by Gasteiger charge is -2.06. The first-order valence-electron chi connectivity index (χ1n) is 7.66. The second kappa shape index (κ2) is 5.53. The van der Waals surface area contributed by atoms with Gasteiger partial charge in [0, 0.05) is 23.5 Å². The van der Waals surface area contributed by atoms with Gasteiger partial charge in [-0.05, 0) is 49.7 Å². The smallest absolute Gasteiger partial charge is 0.126 e. The van der Waals surface area contributed by atoms with E-state index in [1.54, 1.807) is 25.4 Å². The van der Waals surface area contributed by atoms with Crippen LogP contribution in [0.25, 0.3) is 33.5 Å². The molecule has 24 heavy (non-hydrogen) atoms. The fourth-order valence-corrected chi connectivity index (χ4v) is 2.82. The second-order valence-electron chi connectivity index (χ2n) is 5.77. The number of fused-ring (bicyclic) bond motifs is 1. The Morgan fingerprint density at radius 2 is 1.62 bits per heavy atom. The molecule has 0 atom stereocenters. The summed E-state index contributed by atoms with van der Waals surface area (Å²) in [5.74, 6) is 0.592. The van der Waals surface area contributed by atoms with Crippen LogP contribution in [0.4, 0.5) is 4.39 Å². The van der Waals surface area contributed by atoms with E-state index in [0.717, 1.165) is 39.4 Å². The molecular weight excluding hydrogens is 303 g/mol. The lowest BCUT2D eigenvalue weighted by molar-refractivity contribution is 0.619. The summed E-state index contributed by atoms with van der Waals surface area (Å²) >= 11 is 0. The Morgan fingerprint density at radius 1 is 0.875 bits per heavy atom. The van der Waals surface area contributed by atoms with E-state index in [0.29, 0.717) is 5.56 Å². The van der Waals surface area contributed by atoms with Crippen LogP contribution in [0, 0.1) is 19.7 Å². The molecule has 1 N–H and O–H groups in total. The van der Waals surface area contributed by atoms with Gasteiger partial charge in [-0.1, -0.05) is 6.07 Å². The van der Waals surface area contributed by atoms with Crippen LogP contribution in [-0.4, -0.2) is 19.9 Å². The topological polar surface area (TPSA) is 54.5 Å². The Bertz CT molecular complexity index is 1050. The van der Waals surface area contributed by atoms with Crippen molar-refractivity contribution >= 4 is 11.0 Å². The van der Waals surface area contributed by atoms with Crippen LogP contribution in [0.1, 0.15) is 11.4 Å². The molecule has 0 unspecified atom stereocenters. The fourth-order valence-electron chi connectivity index (χ4n) is 2.82. The van der Waals surface area contributed by atoms with Gasteiger partial charge in [-0.25, -0.2) is 9.37 Å². The Labute approximate surface area is 138 Å². The SMILES string of the molecule is Cc1nc(-c2ccc(F)c(C)c2)c(-c2ccc3nccnc3c2)[nH]1. The van der Waals surface area contributed by atoms with Gasteiger partial charge in [0.05, 0.1) is 22.4 Å². The third kappa shape index (κ3) is 2.44. The van der Waals surface area contributed by atoms with Crippen molar-refractivity contribution in [2.75, 3.05) is 0 Å². The maximum absolute atomic E-state index is 13.6. The molecule has 4 nitrogen and oxygen atoms in total. The minimum absolute atomic E-state index is 0.214. The summed E-state index contributed by atoms with van der Waals surface area (Å²) in [6.07, 6.45) is 3.35. The number of aromatic amines is 1. The van der Waals surface area contributed by atoms with Crippen LogP contribution in [0.3, 0.4) is 0 Å². The second-order valence-corrected chi connectivity index (χ2v) is 5.77. The average molecular weight is 318 g/mol. The number of hydrogen-bond acceptors (Lipinski definition) is 3. The molecule has 2 heterocycles. The molecule has 0 saturated heterocycles. The Balaban J connectivity index is 1.90. The highest BCUT2D eigenvalue weighted by Crippen LogP contribution is 2.32. The Morgan fingerprint density at radius 3 is 2.42 bits per heavy atom. The van der Waals surface area contributed by atoms with E-state index >= 15 is 0 Å². The first-order valence-corrected chi connectivity index (χ1v) is 7.66. The molecule has 0 amide bonds. The third-order valence-corrected chi connectivity index (χ3v) is 4.01. The molecule has 2 aromatic heterocycles. The molecule has 0 saturated carbocycles. The van der Waals surface area contributed by atoms with Gasteiger partial charge < -0.3 is 4.98 Å². The van der Waals surface area contributed by atoms with E-state index < -0.39 is 0 Å². The van der Waals surface area contributed by atoms with E-state index in [1.165, 1.54) is 6.07 Å². The van der Waals surface area contributed by atoms with E-state index in [9.17, 15) is 4.39 Å². The maximum Gasteiger partial charge on any atom is 0.126 e. The third-order valence-electron chi connectivity index (χ3n) is 4.01. The van der Waals surface area contributed by atoms with Gasteiger partial charge in [0.1, 0.15) is 11.6 Å². The molecule has 0 bridgehead atoms. The van der Waals surface area contributed by atoms with Gasteiger partial charge in [-0.2, -0.15) is 0 Å². The zero-order valence-electron chi connectivity index (χ0n) is 13.3. The highest BCUT2D eigenvalue weighted by atomic mass is 19.1. The van der Waals surface area contributed by atoms with Gasteiger partial charge in [0.15, 0.2) is 0 Å². The van der Waals surface area contributed by atoms with Crippen LogP contribution in [-0.2, 0) is 0 Å². The molecule has 0 aliphatic carbocycles. The predicted octanol–water partition coefficient (Wildman–Crippen LogP) is 4.44. The number of benzene rings is 2. The summed E-state index contributed by atoms with van der Waals surface area (Å²) in [6, 6.07) is 11.0. The number of rotatable bonds is 2. The number of aryl methyl sites for hydroxylation is 2. The van der Waals surface area contributed by atoms with Gasteiger partial charge in [-0.15, -0.1) is 0 Å². The van der Waals surface area contributed by atoms with Crippen molar-refractivity contribution in [3.63, 3.8) is 0 Å². The molecule has 0 aliphatic heterocycles. The number of nitrogens with one attached hydrogen (secondary N) is 1. The van der Waals surface area contributed by atoms with Crippen molar-refractivity contribution in [1.82, 2.24) is 19.9 Å². The first kappa shape index (κ1) is 14.5. The summed E-state index contributed by atoms with van der Waals surface area (Å²) in [5.41, 5.74) is 5.82. The zero-order valence-corrected chi connectivity index (χ0v) is 13.3. The lowest BCUT2D eigenvalue weighted by Crippen LogP contribution is -1.89. The molecular formula is C19H15FN4. The highest BCUT2D eigenvalue weighted by Gasteiger charge is 2.14. The average Bonchev–Trinajstić information content (AvgIpc) is 2.99. The Kier molecular flexibility index (Phi) is 3.34. The lowest BCUT2D eigenvalue weighted by atomic mass is 10.0. The van der Waals surface area contributed by atoms with Crippen LogP contribution in [0.2, 0.25) is 0 Å². The van der Waals surface area contributed by atoms with Crippen molar-refractivity contribution in [2.45, 2.75) is 13.8 Å². The molecule has 5 heteroatoms. The first-order chi connectivity index (χ1) is 11.6. The van der Waals surface area contributed by atoms with Gasteiger partial charge >= 0.3 is 0 Å². The summed E-state index contributed by atoms with van der Waals surface area (Å²) in [4.78, 5) is 16.5. The largest absolute Gasteiger partial charge is 0.342 e. The van der Waals surface area contributed by atoms with Crippen LogP contribution >= 0.6 is 0 Å². The fraction of sp³-hybridized carbons (Fsp3) is 0.105. The van der Waals surface area contributed by atoms with Gasteiger partial charge in [-0.3, -0.25) is 9.97 Å². The van der Waals surface area contributed by atoms with Crippen molar-refractivity contribution in [2.24, 2.45) is 0 Å². The maximum atomic E-state index is 13.6. The Hall–Kier alpha value is -3.08. The van der Waals surface area contributed by atoms with Crippen LogP contribution < -0.4 is 0 Å². The zero-order chi connectivity index (χ0) is 16.7. The summed E-state index contributed by atoms with van der Waals surface area (Å²) < 4.78 is 13.6. The van der Waals surface area contributed by atoms with E-state index in [1.807, 2.05) is 31.2 Å². The number of imidazole rings is 1. The number of halogens is 1. The van der Waals surface area contributed by atoms with Crippen molar-refractivity contribution in [3.05, 3.63) is 66.0 Å². The van der Waals surface area contributed by atoms with E-state index in [-0.39, 0.29) is 5.82 Å². The number of hydrogen-bond donors (Lipinski definition) is 1. The normalized spacial score (nSPS) is 11.1. The van der Waals surface area contributed by atoms with Gasteiger partial charge in [0.25, 0.3) is 0 Å². The molecule has 0 spiro atoms. The number of aromatic nitrogens is 4.